The number of nitrogens with zero attached hydrogens (tertiary/aromatic N) is 1. The van der Waals surface area contributed by atoms with Gasteiger partial charge in [-0.3, -0.25) is 4.79 Å². The quantitative estimate of drug-likeness (QED) is 0.370. The molecule has 5 rings (SSSR count). The number of rotatable bonds is 4. The van der Waals surface area contributed by atoms with E-state index in [1.165, 1.54) is 7.11 Å². The van der Waals surface area contributed by atoms with Gasteiger partial charge in [-0.25, -0.2) is 4.83 Å². The Bertz CT molecular complexity index is 1180. The Kier molecular flexibility index (Phi) is 5.91. The minimum absolute atomic E-state index is 0.107. The summed E-state index contributed by atoms with van der Waals surface area (Å²) in [6.45, 7) is 8.35. The zero-order chi connectivity index (χ0) is 25.2. The molecule has 4 aliphatic carbocycles. The van der Waals surface area contributed by atoms with Gasteiger partial charge in [-0.05, 0) is 86.3 Å². The van der Waals surface area contributed by atoms with Gasteiger partial charge in [0.2, 0.25) is 0 Å². The fourth-order valence-electron chi connectivity index (χ4n) is 8.18. The highest BCUT2D eigenvalue weighted by Crippen LogP contribution is 2.70. The van der Waals surface area contributed by atoms with Crippen LogP contribution in [-0.4, -0.2) is 38.4 Å². The number of aliphatic hydroxyl groups excluding tert-OH is 1. The molecule has 0 radical (unpaired) electrons. The SMILES string of the molecule is C=C1C(O)[C@@]23CC[C@@H]4[C@H](C(=O)OC)C/C(=N/NS(=O)(=O)c5ccc(C)cc5)C[C@@]4(C)[C@@H]2CC[C@@H]1C3. The average Bonchev–Trinajstić information content (AvgIpc) is 3.01. The zero-order valence-electron chi connectivity index (χ0n) is 20.8. The number of carbonyl (C=O) groups is 1. The lowest BCUT2D eigenvalue weighted by Crippen LogP contribution is -2.59. The summed E-state index contributed by atoms with van der Waals surface area (Å²) in [6.07, 6.45) is 5.11. The predicted molar refractivity (Wildman–Crippen MR) is 133 cm³/mol. The van der Waals surface area contributed by atoms with E-state index in [-0.39, 0.29) is 39.4 Å². The molecule has 0 saturated heterocycles. The Balaban J connectivity index is 1.49. The summed E-state index contributed by atoms with van der Waals surface area (Å²) in [7, 11) is -2.42. The van der Waals surface area contributed by atoms with Crippen LogP contribution in [0.25, 0.3) is 0 Å². The third-order valence-corrected chi connectivity index (χ3v) is 11.0. The highest BCUT2D eigenvalue weighted by atomic mass is 32.2. The van der Waals surface area contributed by atoms with Crippen molar-refractivity contribution in [1.29, 1.82) is 0 Å². The molecule has 4 saturated carbocycles. The number of hydrogen-bond acceptors (Lipinski definition) is 6. The number of hydrogen-bond donors (Lipinski definition) is 2. The number of aliphatic hydroxyl groups is 1. The number of esters is 1. The van der Waals surface area contributed by atoms with Crippen molar-refractivity contribution < 1.29 is 23.1 Å². The molecule has 2 N–H and O–H groups in total. The van der Waals surface area contributed by atoms with E-state index >= 15 is 0 Å². The lowest BCUT2D eigenvalue weighted by atomic mass is 9.43. The van der Waals surface area contributed by atoms with Crippen LogP contribution in [0.4, 0.5) is 0 Å². The maximum absolute atomic E-state index is 12.9. The van der Waals surface area contributed by atoms with E-state index < -0.39 is 16.1 Å². The van der Waals surface area contributed by atoms with Crippen molar-refractivity contribution in [2.45, 2.75) is 69.8 Å². The number of sulfonamides is 1. The molecule has 0 aliphatic heterocycles. The topological polar surface area (TPSA) is 105 Å². The highest BCUT2D eigenvalue weighted by molar-refractivity contribution is 7.89. The Morgan fingerprint density at radius 3 is 2.63 bits per heavy atom. The van der Waals surface area contributed by atoms with Crippen LogP contribution >= 0.6 is 0 Å². The van der Waals surface area contributed by atoms with Gasteiger partial charge >= 0.3 is 5.97 Å². The van der Waals surface area contributed by atoms with E-state index in [2.05, 4.69) is 23.4 Å². The lowest BCUT2D eigenvalue weighted by molar-refractivity contribution is -0.165. The molecular formula is C27H36N2O5S. The van der Waals surface area contributed by atoms with E-state index in [1.54, 1.807) is 24.3 Å². The number of methoxy groups -OCH3 is 1. The Hall–Kier alpha value is -2.19. The molecule has 1 aromatic rings. The average molecular weight is 501 g/mol. The molecule has 2 bridgehead atoms. The molecule has 1 spiro atoms. The summed E-state index contributed by atoms with van der Waals surface area (Å²) in [5.41, 5.74) is 2.10. The van der Waals surface area contributed by atoms with Gasteiger partial charge < -0.3 is 9.84 Å². The van der Waals surface area contributed by atoms with Crippen LogP contribution in [-0.2, 0) is 19.6 Å². The number of benzene rings is 1. The van der Waals surface area contributed by atoms with Gasteiger partial charge in [0.1, 0.15) is 0 Å². The normalized spacial score (nSPS) is 39.6. The monoisotopic (exact) mass is 500 g/mol. The molecule has 1 aromatic carbocycles. The largest absolute Gasteiger partial charge is 0.469 e. The minimum atomic E-state index is -3.82. The van der Waals surface area contributed by atoms with Crippen LogP contribution < -0.4 is 4.83 Å². The second kappa shape index (κ2) is 8.44. The van der Waals surface area contributed by atoms with Crippen LogP contribution in [0.15, 0.2) is 46.4 Å². The van der Waals surface area contributed by atoms with Crippen LogP contribution in [0, 0.1) is 41.4 Å². The van der Waals surface area contributed by atoms with Crippen molar-refractivity contribution in [3.63, 3.8) is 0 Å². The third kappa shape index (κ3) is 3.75. The van der Waals surface area contributed by atoms with Gasteiger partial charge in [0.15, 0.2) is 0 Å². The summed E-state index contributed by atoms with van der Waals surface area (Å²) in [4.78, 5) is 15.5. The van der Waals surface area contributed by atoms with Crippen LogP contribution in [0.5, 0.6) is 0 Å². The smallest absolute Gasteiger partial charge is 0.309 e. The fourth-order valence-corrected chi connectivity index (χ4v) is 9.03. The Morgan fingerprint density at radius 1 is 1.23 bits per heavy atom. The van der Waals surface area contributed by atoms with E-state index in [1.807, 2.05) is 6.92 Å². The maximum Gasteiger partial charge on any atom is 0.309 e. The number of ether oxygens (including phenoxy) is 1. The molecule has 0 amide bonds. The molecular weight excluding hydrogens is 464 g/mol. The first kappa shape index (κ1) is 24.5. The van der Waals surface area contributed by atoms with Crippen LogP contribution in [0.3, 0.4) is 0 Å². The molecule has 190 valence electrons. The Morgan fingerprint density at radius 2 is 1.94 bits per heavy atom. The first-order valence-electron chi connectivity index (χ1n) is 12.6. The van der Waals surface area contributed by atoms with Crippen molar-refractivity contribution in [2.75, 3.05) is 7.11 Å². The summed E-state index contributed by atoms with van der Waals surface area (Å²) >= 11 is 0. The molecule has 8 heteroatoms. The number of aryl methyl sites for hydroxylation is 1. The van der Waals surface area contributed by atoms with E-state index in [0.29, 0.717) is 24.5 Å². The molecule has 7 atom stereocenters. The molecule has 0 heterocycles. The van der Waals surface area contributed by atoms with Crippen molar-refractivity contribution in [1.82, 2.24) is 4.83 Å². The number of fused-ring (bicyclic) bond motifs is 3. The molecule has 4 aliphatic rings. The molecule has 0 aromatic heterocycles. The predicted octanol–water partition coefficient (Wildman–Crippen LogP) is 3.96. The summed E-state index contributed by atoms with van der Waals surface area (Å²) in [6, 6.07) is 6.62. The van der Waals surface area contributed by atoms with Crippen molar-refractivity contribution in [3.8, 4) is 0 Å². The summed E-state index contributed by atoms with van der Waals surface area (Å²) < 4.78 is 31.0. The van der Waals surface area contributed by atoms with Gasteiger partial charge in [-0.15, -0.1) is 0 Å². The van der Waals surface area contributed by atoms with Crippen LogP contribution in [0.2, 0.25) is 0 Å². The van der Waals surface area contributed by atoms with Crippen LogP contribution in [0.1, 0.15) is 57.4 Å². The van der Waals surface area contributed by atoms with Gasteiger partial charge in [0.05, 0.1) is 24.0 Å². The number of hydrazone groups is 1. The minimum Gasteiger partial charge on any atom is -0.469 e. The summed E-state index contributed by atoms with van der Waals surface area (Å²) in [5, 5.41) is 15.7. The summed E-state index contributed by atoms with van der Waals surface area (Å²) in [5.74, 6) is 0.0477. The second-order valence-corrected chi connectivity index (χ2v) is 13.1. The maximum atomic E-state index is 12.9. The van der Waals surface area contributed by atoms with E-state index in [0.717, 1.165) is 43.2 Å². The zero-order valence-corrected chi connectivity index (χ0v) is 21.6. The lowest BCUT2D eigenvalue weighted by Gasteiger charge is -2.61. The molecule has 4 fully saturated rings. The molecule has 7 nitrogen and oxygen atoms in total. The Labute approximate surface area is 208 Å². The first-order chi connectivity index (χ1) is 16.5. The first-order valence-corrected chi connectivity index (χ1v) is 14.1. The van der Waals surface area contributed by atoms with Crippen molar-refractivity contribution in [3.05, 3.63) is 42.0 Å². The van der Waals surface area contributed by atoms with E-state index in [4.69, 9.17) is 4.74 Å². The molecule has 1 unspecified atom stereocenters. The highest BCUT2D eigenvalue weighted by Gasteiger charge is 2.66. The van der Waals surface area contributed by atoms with Gasteiger partial charge in [-0.2, -0.15) is 13.5 Å². The number of carbonyl (C=O) groups excluding carboxylic acids is 1. The standard InChI is InChI=1S/C27H36N2O5S/c1-16-5-8-20(9-6-16)35(32,33)29-28-19-13-21(25(31)34-4)22-11-12-27-14-18(17(2)24(27)30)7-10-23(27)26(22,3)15-19/h5-6,8-9,18,21-24,29-30H,2,7,10-15H2,1,3-4H3/b28-19-/t18-,21-,22-,23+,24?,26-,27-/m1/s1. The third-order valence-electron chi connectivity index (χ3n) is 9.79. The van der Waals surface area contributed by atoms with Gasteiger partial charge in [-0.1, -0.05) is 31.2 Å². The van der Waals surface area contributed by atoms with E-state index in [9.17, 15) is 18.3 Å². The second-order valence-electron chi connectivity index (χ2n) is 11.5. The fraction of sp³-hybridized carbons (Fsp3) is 0.630. The van der Waals surface area contributed by atoms with Gasteiger partial charge in [0.25, 0.3) is 10.0 Å². The van der Waals surface area contributed by atoms with Crippen molar-refractivity contribution >= 4 is 21.7 Å². The number of nitrogens with one attached hydrogen (secondary N) is 1. The molecule has 35 heavy (non-hydrogen) atoms. The van der Waals surface area contributed by atoms with Crippen molar-refractivity contribution in [2.24, 2.45) is 39.6 Å². The van der Waals surface area contributed by atoms with Gasteiger partial charge in [0, 0.05) is 17.5 Å².